The maximum absolute atomic E-state index is 12.3. The van der Waals surface area contributed by atoms with Gasteiger partial charge in [-0.1, -0.05) is 30.3 Å². The molecule has 0 aliphatic carbocycles. The second kappa shape index (κ2) is 8.20. The van der Waals surface area contributed by atoms with Crippen molar-refractivity contribution in [1.29, 1.82) is 0 Å². The topological polar surface area (TPSA) is 65.4 Å². The van der Waals surface area contributed by atoms with Gasteiger partial charge < -0.3 is 14.8 Å². The van der Waals surface area contributed by atoms with Crippen LogP contribution in [-0.2, 0) is 17.8 Å². The lowest BCUT2D eigenvalue weighted by atomic mass is 10.1. The minimum absolute atomic E-state index is 0.0810. The van der Waals surface area contributed by atoms with Gasteiger partial charge in [0.2, 0.25) is 5.91 Å². The molecule has 0 aliphatic rings. The van der Waals surface area contributed by atoms with Gasteiger partial charge in [0, 0.05) is 18.3 Å². The monoisotopic (exact) mass is 351 g/mol. The summed E-state index contributed by atoms with van der Waals surface area (Å²) in [5, 5.41) is 7.22. The minimum Gasteiger partial charge on any atom is -0.493 e. The second-order valence-electron chi connectivity index (χ2n) is 5.73. The van der Waals surface area contributed by atoms with Crippen LogP contribution in [0, 0.1) is 0 Å². The molecular formula is C20H21N3O3. The molecule has 0 bridgehead atoms. The van der Waals surface area contributed by atoms with Crippen molar-refractivity contribution in [2.45, 2.75) is 13.0 Å². The molecule has 0 spiro atoms. The molecule has 1 amide bonds. The van der Waals surface area contributed by atoms with Gasteiger partial charge in [0.05, 0.1) is 32.5 Å². The molecule has 0 radical (unpaired) electrons. The molecule has 3 aromatic rings. The van der Waals surface area contributed by atoms with Crippen LogP contribution < -0.4 is 14.8 Å². The number of methoxy groups -OCH3 is 2. The predicted molar refractivity (Wildman–Crippen MR) is 98.7 cm³/mol. The van der Waals surface area contributed by atoms with Crippen molar-refractivity contribution in [2.24, 2.45) is 0 Å². The lowest BCUT2D eigenvalue weighted by Crippen LogP contribution is -2.24. The number of nitrogens with one attached hydrogen (secondary N) is 1. The van der Waals surface area contributed by atoms with Crippen LogP contribution in [0.3, 0.4) is 0 Å². The van der Waals surface area contributed by atoms with Crippen LogP contribution in [0.1, 0.15) is 11.1 Å². The van der Waals surface area contributed by atoms with E-state index in [1.165, 1.54) is 0 Å². The van der Waals surface area contributed by atoms with E-state index in [1.54, 1.807) is 25.1 Å². The number of amides is 1. The van der Waals surface area contributed by atoms with Gasteiger partial charge in [-0.3, -0.25) is 4.79 Å². The average Bonchev–Trinajstić information content (AvgIpc) is 3.15. The van der Waals surface area contributed by atoms with E-state index in [0.717, 1.165) is 16.8 Å². The fourth-order valence-corrected chi connectivity index (χ4v) is 2.71. The third kappa shape index (κ3) is 4.03. The first-order valence-electron chi connectivity index (χ1n) is 8.27. The quantitative estimate of drug-likeness (QED) is 0.711. The number of hydrogen-bond acceptors (Lipinski definition) is 4. The zero-order valence-electron chi connectivity index (χ0n) is 14.8. The zero-order valence-corrected chi connectivity index (χ0v) is 14.8. The molecule has 6 heteroatoms. The first kappa shape index (κ1) is 17.5. The van der Waals surface area contributed by atoms with Crippen LogP contribution in [0.5, 0.6) is 11.5 Å². The Bertz CT molecular complexity index is 875. The van der Waals surface area contributed by atoms with Gasteiger partial charge in [-0.05, 0) is 23.8 Å². The average molecular weight is 351 g/mol. The predicted octanol–water partition coefficient (Wildman–Crippen LogP) is 2.75. The van der Waals surface area contributed by atoms with Crippen molar-refractivity contribution in [1.82, 2.24) is 15.1 Å². The maximum atomic E-state index is 12.3. The SMILES string of the molecule is COc1cccc(CNC(=O)Cc2cnn(-c3ccccc3)c2)c1OC. The number of ether oxygens (including phenoxy) is 2. The molecule has 0 saturated heterocycles. The van der Waals surface area contributed by atoms with Crippen molar-refractivity contribution in [3.63, 3.8) is 0 Å². The number of para-hydroxylation sites is 2. The zero-order chi connectivity index (χ0) is 18.4. The van der Waals surface area contributed by atoms with Crippen LogP contribution in [0.25, 0.3) is 5.69 Å². The summed E-state index contributed by atoms with van der Waals surface area (Å²) in [6, 6.07) is 15.4. The Morgan fingerprint density at radius 2 is 1.88 bits per heavy atom. The fourth-order valence-electron chi connectivity index (χ4n) is 2.71. The third-order valence-corrected chi connectivity index (χ3v) is 3.98. The molecule has 2 aromatic carbocycles. The molecule has 1 heterocycles. The molecule has 0 fully saturated rings. The van der Waals surface area contributed by atoms with E-state index >= 15 is 0 Å². The van der Waals surface area contributed by atoms with E-state index < -0.39 is 0 Å². The highest BCUT2D eigenvalue weighted by molar-refractivity contribution is 5.78. The molecule has 0 aliphatic heterocycles. The summed E-state index contributed by atoms with van der Waals surface area (Å²) < 4.78 is 12.4. The second-order valence-corrected chi connectivity index (χ2v) is 5.73. The van der Waals surface area contributed by atoms with Crippen LogP contribution in [0.2, 0.25) is 0 Å². The minimum atomic E-state index is -0.0810. The first-order valence-corrected chi connectivity index (χ1v) is 8.27. The number of carbonyl (C=O) groups excluding carboxylic acids is 1. The molecule has 6 nitrogen and oxygen atoms in total. The van der Waals surface area contributed by atoms with E-state index in [9.17, 15) is 4.79 Å². The summed E-state index contributed by atoms with van der Waals surface area (Å²) in [5.74, 6) is 1.19. The van der Waals surface area contributed by atoms with Crippen molar-refractivity contribution in [3.8, 4) is 17.2 Å². The van der Waals surface area contributed by atoms with Gasteiger partial charge >= 0.3 is 0 Å². The summed E-state index contributed by atoms with van der Waals surface area (Å²) in [7, 11) is 3.17. The highest BCUT2D eigenvalue weighted by Crippen LogP contribution is 2.30. The number of nitrogens with zero attached hydrogens (tertiary/aromatic N) is 2. The van der Waals surface area contributed by atoms with E-state index in [4.69, 9.17) is 9.47 Å². The summed E-state index contributed by atoms with van der Waals surface area (Å²) in [6.45, 7) is 0.367. The summed E-state index contributed by atoms with van der Waals surface area (Å²) in [5.41, 5.74) is 2.67. The molecule has 26 heavy (non-hydrogen) atoms. The fraction of sp³-hybridized carbons (Fsp3) is 0.200. The molecule has 0 saturated carbocycles. The lowest BCUT2D eigenvalue weighted by molar-refractivity contribution is -0.120. The van der Waals surface area contributed by atoms with Gasteiger partial charge in [0.15, 0.2) is 11.5 Å². The standard InChI is InChI=1S/C20H21N3O3/c1-25-18-10-6-7-16(20(18)26-2)13-21-19(24)11-15-12-22-23(14-15)17-8-4-3-5-9-17/h3-10,12,14H,11,13H2,1-2H3,(H,21,24). The van der Waals surface area contributed by atoms with E-state index in [1.807, 2.05) is 54.7 Å². The number of rotatable bonds is 7. The van der Waals surface area contributed by atoms with Gasteiger partial charge in [-0.15, -0.1) is 0 Å². The van der Waals surface area contributed by atoms with Gasteiger partial charge in [-0.25, -0.2) is 4.68 Å². The number of carbonyl (C=O) groups is 1. The highest BCUT2D eigenvalue weighted by Gasteiger charge is 2.11. The molecular weight excluding hydrogens is 330 g/mol. The van der Waals surface area contributed by atoms with Crippen LogP contribution in [0.4, 0.5) is 0 Å². The number of aromatic nitrogens is 2. The summed E-state index contributed by atoms with van der Waals surface area (Å²) in [6.07, 6.45) is 3.83. The summed E-state index contributed by atoms with van der Waals surface area (Å²) >= 11 is 0. The van der Waals surface area contributed by atoms with E-state index in [-0.39, 0.29) is 12.3 Å². The Balaban J connectivity index is 1.61. The molecule has 1 N–H and O–H groups in total. The Morgan fingerprint density at radius 1 is 1.08 bits per heavy atom. The number of hydrogen-bond donors (Lipinski definition) is 1. The van der Waals surface area contributed by atoms with E-state index in [2.05, 4.69) is 10.4 Å². The Labute approximate surface area is 152 Å². The smallest absolute Gasteiger partial charge is 0.224 e. The van der Waals surface area contributed by atoms with Crippen LogP contribution in [-0.4, -0.2) is 29.9 Å². The van der Waals surface area contributed by atoms with Crippen molar-refractivity contribution < 1.29 is 14.3 Å². The molecule has 0 unspecified atom stereocenters. The van der Waals surface area contributed by atoms with E-state index in [0.29, 0.717) is 18.0 Å². The normalized spacial score (nSPS) is 10.4. The lowest BCUT2D eigenvalue weighted by Gasteiger charge is -2.13. The third-order valence-electron chi connectivity index (χ3n) is 3.98. The Hall–Kier alpha value is -3.28. The van der Waals surface area contributed by atoms with Crippen molar-refractivity contribution in [2.75, 3.05) is 14.2 Å². The molecule has 134 valence electrons. The van der Waals surface area contributed by atoms with Gasteiger partial charge in [0.25, 0.3) is 0 Å². The highest BCUT2D eigenvalue weighted by atomic mass is 16.5. The number of benzene rings is 2. The maximum Gasteiger partial charge on any atom is 0.224 e. The largest absolute Gasteiger partial charge is 0.493 e. The van der Waals surface area contributed by atoms with Gasteiger partial charge in [-0.2, -0.15) is 5.10 Å². The molecule has 3 rings (SSSR count). The van der Waals surface area contributed by atoms with Crippen LogP contribution in [0.15, 0.2) is 60.9 Å². The molecule has 0 atom stereocenters. The van der Waals surface area contributed by atoms with Crippen molar-refractivity contribution >= 4 is 5.91 Å². The van der Waals surface area contributed by atoms with Crippen LogP contribution >= 0.6 is 0 Å². The Morgan fingerprint density at radius 3 is 2.62 bits per heavy atom. The molecule has 1 aromatic heterocycles. The van der Waals surface area contributed by atoms with Gasteiger partial charge in [0.1, 0.15) is 0 Å². The summed E-state index contributed by atoms with van der Waals surface area (Å²) in [4.78, 5) is 12.3. The Kier molecular flexibility index (Phi) is 5.53. The first-order chi connectivity index (χ1) is 12.7. The van der Waals surface area contributed by atoms with Crippen molar-refractivity contribution in [3.05, 3.63) is 72.1 Å².